The van der Waals surface area contributed by atoms with Crippen LogP contribution in [0.1, 0.15) is 29.8 Å². The number of fused-ring (bicyclic) bond motifs is 1. The summed E-state index contributed by atoms with van der Waals surface area (Å²) in [6.07, 6.45) is 5.56. The molecule has 3 saturated heterocycles. The van der Waals surface area contributed by atoms with Gasteiger partial charge in [0.15, 0.2) is 16.6 Å². The predicted octanol–water partition coefficient (Wildman–Crippen LogP) is 2.13. The minimum atomic E-state index is 0.0166. The third-order valence-corrected chi connectivity index (χ3v) is 6.85. The van der Waals surface area contributed by atoms with E-state index in [0.717, 1.165) is 50.2 Å². The summed E-state index contributed by atoms with van der Waals surface area (Å²) in [6.45, 7) is 5.66. The van der Waals surface area contributed by atoms with Gasteiger partial charge in [-0.05, 0) is 31.4 Å². The van der Waals surface area contributed by atoms with Gasteiger partial charge in [0.05, 0.1) is 0 Å². The molecule has 7 nitrogen and oxygen atoms in total. The molecule has 0 N–H and O–H groups in total. The van der Waals surface area contributed by atoms with Crippen LogP contribution in [0.25, 0.3) is 0 Å². The summed E-state index contributed by atoms with van der Waals surface area (Å²) in [6, 6.07) is 3.79. The van der Waals surface area contributed by atoms with Crippen LogP contribution < -0.4 is 9.80 Å². The van der Waals surface area contributed by atoms with E-state index in [9.17, 15) is 4.79 Å². The summed E-state index contributed by atoms with van der Waals surface area (Å²) in [7, 11) is 0. The minimum absolute atomic E-state index is 0.0166. The van der Waals surface area contributed by atoms with Crippen LogP contribution in [0, 0.1) is 11.8 Å². The van der Waals surface area contributed by atoms with Crippen molar-refractivity contribution in [2.45, 2.75) is 19.3 Å². The van der Waals surface area contributed by atoms with Gasteiger partial charge in [0.25, 0.3) is 5.91 Å². The van der Waals surface area contributed by atoms with Crippen molar-refractivity contribution in [3.8, 4) is 0 Å². The minimum Gasteiger partial charge on any atom is -0.355 e. The number of likely N-dealkylation sites (tertiary alicyclic amines) is 1. The lowest BCUT2D eigenvalue weighted by Crippen LogP contribution is -2.34. The molecular formula is C19H24N6OS. The average molecular weight is 385 g/mol. The standard InChI is InChI=1S/C19H24N6OS/c26-18(16-4-5-17(22-21-16)23-7-2-1-3-8-23)24-10-14-12-25(13-15(14)11-24)19-20-6-9-27-19/h4-6,9,14-15H,1-3,7-8,10-13H2. The summed E-state index contributed by atoms with van der Waals surface area (Å²) in [5.74, 6) is 1.96. The van der Waals surface area contributed by atoms with Gasteiger partial charge in [-0.1, -0.05) is 0 Å². The zero-order chi connectivity index (χ0) is 18.2. The van der Waals surface area contributed by atoms with E-state index in [-0.39, 0.29) is 5.91 Å². The van der Waals surface area contributed by atoms with Gasteiger partial charge < -0.3 is 14.7 Å². The number of piperidine rings is 1. The largest absolute Gasteiger partial charge is 0.355 e. The number of anilines is 2. The molecule has 5 heterocycles. The van der Waals surface area contributed by atoms with E-state index >= 15 is 0 Å². The molecule has 2 unspecified atom stereocenters. The molecule has 5 rings (SSSR count). The molecule has 1 amide bonds. The third kappa shape index (κ3) is 3.26. The first-order chi connectivity index (χ1) is 13.3. The Morgan fingerprint density at radius 3 is 2.37 bits per heavy atom. The maximum atomic E-state index is 12.9. The summed E-state index contributed by atoms with van der Waals surface area (Å²) in [5.41, 5.74) is 0.465. The van der Waals surface area contributed by atoms with Gasteiger partial charge in [-0.25, -0.2) is 4.98 Å². The Labute approximate surface area is 163 Å². The topological polar surface area (TPSA) is 65.5 Å². The lowest BCUT2D eigenvalue weighted by molar-refractivity contribution is 0.0775. The van der Waals surface area contributed by atoms with Crippen LogP contribution in [0.2, 0.25) is 0 Å². The number of amides is 1. The molecule has 0 bridgehead atoms. The Bertz CT molecular complexity index is 775. The number of aromatic nitrogens is 3. The number of carbonyl (C=O) groups is 1. The van der Waals surface area contributed by atoms with Crippen molar-refractivity contribution in [3.63, 3.8) is 0 Å². The van der Waals surface area contributed by atoms with Crippen molar-refractivity contribution in [2.24, 2.45) is 11.8 Å². The van der Waals surface area contributed by atoms with E-state index in [1.165, 1.54) is 19.3 Å². The number of carbonyl (C=O) groups excluding carboxylic acids is 1. The van der Waals surface area contributed by atoms with Crippen LogP contribution in [0.3, 0.4) is 0 Å². The summed E-state index contributed by atoms with van der Waals surface area (Å²) >= 11 is 1.69. The number of hydrogen-bond acceptors (Lipinski definition) is 7. The summed E-state index contributed by atoms with van der Waals surface area (Å²) in [5, 5.41) is 11.7. The molecule has 27 heavy (non-hydrogen) atoms. The fourth-order valence-corrected chi connectivity index (χ4v) is 5.24. The molecule has 0 aromatic carbocycles. The van der Waals surface area contributed by atoms with E-state index in [2.05, 4.69) is 25.0 Å². The first-order valence-electron chi connectivity index (χ1n) is 9.80. The quantitative estimate of drug-likeness (QED) is 0.808. The molecule has 0 saturated carbocycles. The summed E-state index contributed by atoms with van der Waals surface area (Å²) < 4.78 is 0. The number of thiazole rings is 1. The highest BCUT2D eigenvalue weighted by molar-refractivity contribution is 7.13. The second kappa shape index (κ2) is 7.07. The molecule has 2 aromatic rings. The second-order valence-electron chi connectivity index (χ2n) is 7.77. The maximum Gasteiger partial charge on any atom is 0.274 e. The van der Waals surface area contributed by atoms with Crippen LogP contribution in [0.4, 0.5) is 10.9 Å². The van der Waals surface area contributed by atoms with Crippen LogP contribution in [0.5, 0.6) is 0 Å². The van der Waals surface area contributed by atoms with Gasteiger partial charge in [-0.15, -0.1) is 21.5 Å². The molecule has 8 heteroatoms. The van der Waals surface area contributed by atoms with Gasteiger partial charge in [-0.3, -0.25) is 4.79 Å². The zero-order valence-corrected chi connectivity index (χ0v) is 16.1. The molecule has 0 radical (unpaired) electrons. The SMILES string of the molecule is O=C(c1ccc(N2CCCCC2)nn1)N1CC2CN(c3nccs3)CC2C1. The number of hydrogen-bond donors (Lipinski definition) is 0. The summed E-state index contributed by atoms with van der Waals surface area (Å²) in [4.78, 5) is 23.9. The Morgan fingerprint density at radius 1 is 0.963 bits per heavy atom. The van der Waals surface area contributed by atoms with E-state index in [1.807, 2.05) is 28.6 Å². The Balaban J connectivity index is 1.21. The molecule has 0 aliphatic carbocycles. The van der Waals surface area contributed by atoms with Gasteiger partial charge in [0, 0.05) is 62.7 Å². The van der Waals surface area contributed by atoms with Crippen LogP contribution in [-0.2, 0) is 0 Å². The smallest absolute Gasteiger partial charge is 0.274 e. The van der Waals surface area contributed by atoms with E-state index in [0.29, 0.717) is 17.5 Å². The van der Waals surface area contributed by atoms with Gasteiger partial charge >= 0.3 is 0 Å². The third-order valence-electron chi connectivity index (χ3n) is 6.01. The molecular weight excluding hydrogens is 360 g/mol. The lowest BCUT2D eigenvalue weighted by Gasteiger charge is -2.27. The number of nitrogens with zero attached hydrogens (tertiary/aromatic N) is 6. The molecule has 2 aromatic heterocycles. The van der Waals surface area contributed by atoms with Crippen molar-refractivity contribution in [1.29, 1.82) is 0 Å². The van der Waals surface area contributed by atoms with Crippen LogP contribution in [0.15, 0.2) is 23.7 Å². The predicted molar refractivity (Wildman–Crippen MR) is 105 cm³/mol. The van der Waals surface area contributed by atoms with Crippen molar-refractivity contribution in [1.82, 2.24) is 20.1 Å². The molecule has 142 valence electrons. The first kappa shape index (κ1) is 16.9. The van der Waals surface area contributed by atoms with E-state index < -0.39 is 0 Å². The van der Waals surface area contributed by atoms with E-state index in [1.54, 1.807) is 11.3 Å². The molecule has 0 spiro atoms. The Morgan fingerprint density at radius 2 is 1.74 bits per heavy atom. The van der Waals surface area contributed by atoms with Crippen molar-refractivity contribution >= 4 is 28.2 Å². The normalized spacial score (nSPS) is 25.1. The second-order valence-corrected chi connectivity index (χ2v) is 8.65. The first-order valence-corrected chi connectivity index (χ1v) is 10.7. The highest BCUT2D eigenvalue weighted by atomic mass is 32.1. The highest BCUT2D eigenvalue weighted by Gasteiger charge is 2.42. The van der Waals surface area contributed by atoms with Crippen molar-refractivity contribution in [3.05, 3.63) is 29.4 Å². The van der Waals surface area contributed by atoms with E-state index in [4.69, 9.17) is 0 Å². The molecule has 3 aliphatic heterocycles. The van der Waals surface area contributed by atoms with Crippen LogP contribution in [-0.4, -0.2) is 65.3 Å². The van der Waals surface area contributed by atoms with Crippen molar-refractivity contribution < 1.29 is 4.79 Å². The Kier molecular flexibility index (Phi) is 4.43. The Hall–Kier alpha value is -2.22. The zero-order valence-electron chi connectivity index (χ0n) is 15.3. The number of rotatable bonds is 3. The maximum absolute atomic E-state index is 12.9. The monoisotopic (exact) mass is 384 g/mol. The molecule has 3 aliphatic rings. The van der Waals surface area contributed by atoms with Crippen LogP contribution >= 0.6 is 11.3 Å². The molecule has 2 atom stereocenters. The van der Waals surface area contributed by atoms with Crippen molar-refractivity contribution in [2.75, 3.05) is 49.1 Å². The van der Waals surface area contributed by atoms with Gasteiger partial charge in [-0.2, -0.15) is 0 Å². The fourth-order valence-electron chi connectivity index (χ4n) is 4.58. The fraction of sp³-hybridized carbons (Fsp3) is 0.579. The lowest BCUT2D eigenvalue weighted by atomic mass is 10.0. The van der Waals surface area contributed by atoms with Gasteiger partial charge in [0.1, 0.15) is 0 Å². The molecule has 3 fully saturated rings. The van der Waals surface area contributed by atoms with Gasteiger partial charge in [0.2, 0.25) is 0 Å². The highest BCUT2D eigenvalue weighted by Crippen LogP contribution is 2.35. The average Bonchev–Trinajstić information content (AvgIpc) is 3.44.